The predicted molar refractivity (Wildman–Crippen MR) is 136 cm³/mol. The number of nitrogens with two attached hydrogens (primary N) is 1. The lowest BCUT2D eigenvalue weighted by molar-refractivity contribution is -0.116. The number of carbonyl (C=O) groups excluding carboxylic acids is 1. The molecule has 0 bridgehead atoms. The summed E-state index contributed by atoms with van der Waals surface area (Å²) < 4.78 is 0. The highest BCUT2D eigenvalue weighted by Crippen LogP contribution is 2.30. The second-order valence-electron chi connectivity index (χ2n) is 7.50. The summed E-state index contributed by atoms with van der Waals surface area (Å²) in [5.74, 6) is 0.754. The van der Waals surface area contributed by atoms with Gasteiger partial charge in [0.25, 0.3) is 0 Å². The number of nitrogens with zero attached hydrogens (tertiary/aromatic N) is 3. The molecule has 1 aromatic heterocycles. The van der Waals surface area contributed by atoms with Crippen LogP contribution in [-0.4, -0.2) is 48.6 Å². The molecule has 0 radical (unpaired) electrons. The molecule has 0 aliphatic carbocycles. The van der Waals surface area contributed by atoms with E-state index in [1.165, 1.54) is 0 Å². The Balaban J connectivity index is 0.00000181. The number of fused-ring (bicyclic) bond motifs is 1. The number of aromatic nitrogens is 2. The number of benzene rings is 2. The molecule has 1 aliphatic rings. The van der Waals surface area contributed by atoms with Crippen molar-refractivity contribution in [1.82, 2.24) is 15.3 Å². The van der Waals surface area contributed by atoms with Crippen LogP contribution in [0.25, 0.3) is 22.2 Å². The summed E-state index contributed by atoms with van der Waals surface area (Å²) in [5.41, 5.74) is 9.07. The molecule has 3 aromatic rings. The number of nitrogens with one attached hydrogen (secondary N) is 2. The molecule has 1 amide bonds. The minimum Gasteiger partial charge on any atom is -0.338 e. The van der Waals surface area contributed by atoms with Crippen LogP contribution < -0.4 is 21.3 Å². The van der Waals surface area contributed by atoms with E-state index in [9.17, 15) is 4.79 Å². The Hall–Kier alpha value is -2.45. The molecule has 1 fully saturated rings. The molecule has 1 saturated heterocycles. The number of carbonyl (C=O) groups is 1. The SMILES string of the molecule is Cl.Cl.NCCCCC(=O)Nc1ccc2nc(N3CCNCC3)nc(-c3ccccc3)c2c1. The minimum absolute atomic E-state index is 0. The van der Waals surface area contributed by atoms with Gasteiger partial charge in [0.15, 0.2) is 0 Å². The zero-order chi connectivity index (χ0) is 20.8. The Morgan fingerprint density at radius 1 is 1.03 bits per heavy atom. The maximum absolute atomic E-state index is 12.2. The van der Waals surface area contributed by atoms with Crippen molar-refractivity contribution in [2.45, 2.75) is 19.3 Å². The highest BCUT2D eigenvalue weighted by Gasteiger charge is 2.17. The van der Waals surface area contributed by atoms with E-state index in [-0.39, 0.29) is 30.7 Å². The van der Waals surface area contributed by atoms with E-state index in [0.717, 1.165) is 72.8 Å². The van der Waals surface area contributed by atoms with Crippen molar-refractivity contribution >= 4 is 53.3 Å². The molecule has 0 spiro atoms. The van der Waals surface area contributed by atoms with Crippen LogP contribution in [0.4, 0.5) is 11.6 Å². The fourth-order valence-corrected chi connectivity index (χ4v) is 3.67. The van der Waals surface area contributed by atoms with Crippen molar-refractivity contribution in [3.8, 4) is 11.3 Å². The van der Waals surface area contributed by atoms with Crippen LogP contribution in [0.2, 0.25) is 0 Å². The smallest absolute Gasteiger partial charge is 0.226 e. The monoisotopic (exact) mass is 476 g/mol. The molecule has 4 rings (SSSR count). The first-order chi connectivity index (χ1) is 14.7. The van der Waals surface area contributed by atoms with Crippen LogP contribution in [0, 0.1) is 0 Å². The van der Waals surface area contributed by atoms with Crippen LogP contribution in [0.3, 0.4) is 0 Å². The van der Waals surface area contributed by atoms with Gasteiger partial charge < -0.3 is 21.3 Å². The van der Waals surface area contributed by atoms with Crippen LogP contribution >= 0.6 is 24.8 Å². The molecule has 0 unspecified atom stereocenters. The van der Waals surface area contributed by atoms with Crippen LogP contribution in [0.1, 0.15) is 19.3 Å². The third kappa shape index (κ3) is 6.29. The number of amides is 1. The van der Waals surface area contributed by atoms with Gasteiger partial charge in [-0.15, -0.1) is 24.8 Å². The zero-order valence-corrected chi connectivity index (χ0v) is 19.6. The van der Waals surface area contributed by atoms with E-state index in [0.29, 0.717) is 13.0 Å². The first-order valence-corrected chi connectivity index (χ1v) is 10.6. The zero-order valence-electron chi connectivity index (χ0n) is 17.9. The number of anilines is 2. The number of hydrogen-bond acceptors (Lipinski definition) is 6. The lowest BCUT2D eigenvalue weighted by Gasteiger charge is -2.28. The fraction of sp³-hybridized carbons (Fsp3) is 0.348. The molecule has 172 valence electrons. The van der Waals surface area contributed by atoms with Gasteiger partial charge in [-0.25, -0.2) is 9.97 Å². The average molecular weight is 477 g/mol. The molecule has 0 atom stereocenters. The Morgan fingerprint density at radius 3 is 2.50 bits per heavy atom. The van der Waals surface area contributed by atoms with Crippen LogP contribution in [0.15, 0.2) is 48.5 Å². The fourth-order valence-electron chi connectivity index (χ4n) is 3.67. The van der Waals surface area contributed by atoms with Gasteiger partial charge in [-0.1, -0.05) is 30.3 Å². The molecule has 0 saturated carbocycles. The number of hydrogen-bond donors (Lipinski definition) is 3. The molecule has 1 aliphatic heterocycles. The van der Waals surface area contributed by atoms with Crippen molar-refractivity contribution in [3.63, 3.8) is 0 Å². The number of unbranched alkanes of at least 4 members (excludes halogenated alkanes) is 1. The lowest BCUT2D eigenvalue weighted by atomic mass is 10.1. The van der Waals surface area contributed by atoms with Crippen molar-refractivity contribution < 1.29 is 4.79 Å². The normalized spacial score (nSPS) is 13.2. The molecule has 7 nitrogen and oxygen atoms in total. The van der Waals surface area contributed by atoms with Gasteiger partial charge in [0.2, 0.25) is 11.9 Å². The van der Waals surface area contributed by atoms with Gasteiger partial charge in [-0.2, -0.15) is 0 Å². The first kappa shape index (κ1) is 25.8. The van der Waals surface area contributed by atoms with Gasteiger partial charge in [0, 0.05) is 49.2 Å². The van der Waals surface area contributed by atoms with Gasteiger partial charge >= 0.3 is 0 Å². The number of piperazine rings is 1. The molecule has 2 heterocycles. The highest BCUT2D eigenvalue weighted by molar-refractivity contribution is 5.98. The van der Waals surface area contributed by atoms with E-state index < -0.39 is 0 Å². The van der Waals surface area contributed by atoms with E-state index in [2.05, 4.69) is 27.7 Å². The van der Waals surface area contributed by atoms with E-state index >= 15 is 0 Å². The quantitative estimate of drug-likeness (QED) is 0.450. The summed E-state index contributed by atoms with van der Waals surface area (Å²) in [6, 6.07) is 16.0. The van der Waals surface area contributed by atoms with Crippen LogP contribution in [0.5, 0.6) is 0 Å². The standard InChI is InChI=1S/C23H28N6O.2ClH/c24-11-5-4-8-21(30)26-18-9-10-20-19(16-18)22(17-6-2-1-3-7-17)28-23(27-20)29-14-12-25-13-15-29;;/h1-3,6-7,9-10,16,25H,4-5,8,11-15,24H2,(H,26,30);2*1H. The number of rotatable bonds is 7. The lowest BCUT2D eigenvalue weighted by Crippen LogP contribution is -2.44. The van der Waals surface area contributed by atoms with E-state index in [1.54, 1.807) is 0 Å². The second-order valence-corrected chi connectivity index (χ2v) is 7.50. The Morgan fingerprint density at radius 2 is 1.78 bits per heavy atom. The van der Waals surface area contributed by atoms with E-state index in [1.807, 2.05) is 36.4 Å². The van der Waals surface area contributed by atoms with Gasteiger partial charge in [0.1, 0.15) is 0 Å². The third-order valence-corrected chi connectivity index (χ3v) is 5.27. The average Bonchev–Trinajstić information content (AvgIpc) is 2.80. The maximum Gasteiger partial charge on any atom is 0.226 e. The van der Waals surface area contributed by atoms with Crippen molar-refractivity contribution in [3.05, 3.63) is 48.5 Å². The van der Waals surface area contributed by atoms with Gasteiger partial charge in [-0.05, 0) is 37.6 Å². The maximum atomic E-state index is 12.2. The first-order valence-electron chi connectivity index (χ1n) is 10.6. The van der Waals surface area contributed by atoms with Crippen molar-refractivity contribution in [2.75, 3.05) is 42.9 Å². The van der Waals surface area contributed by atoms with Crippen molar-refractivity contribution in [2.24, 2.45) is 5.73 Å². The summed E-state index contributed by atoms with van der Waals surface area (Å²) in [4.78, 5) is 24.2. The van der Waals surface area contributed by atoms with Crippen LogP contribution in [-0.2, 0) is 4.79 Å². The van der Waals surface area contributed by atoms with Crippen molar-refractivity contribution in [1.29, 1.82) is 0 Å². The summed E-state index contributed by atoms with van der Waals surface area (Å²) >= 11 is 0. The minimum atomic E-state index is 0. The summed E-state index contributed by atoms with van der Waals surface area (Å²) in [6.45, 7) is 4.23. The molecule has 2 aromatic carbocycles. The Kier molecular flexibility index (Phi) is 10.1. The predicted octanol–water partition coefficient (Wildman–Crippen LogP) is 3.62. The molecule has 9 heteroatoms. The highest BCUT2D eigenvalue weighted by atomic mass is 35.5. The summed E-state index contributed by atoms with van der Waals surface area (Å²) in [7, 11) is 0. The molecule has 4 N–H and O–H groups in total. The Labute approximate surface area is 201 Å². The summed E-state index contributed by atoms with van der Waals surface area (Å²) in [6.07, 6.45) is 2.12. The topological polar surface area (TPSA) is 96.2 Å². The Bertz CT molecular complexity index is 1010. The number of halogens is 2. The summed E-state index contributed by atoms with van der Waals surface area (Å²) in [5, 5.41) is 7.29. The van der Waals surface area contributed by atoms with E-state index in [4.69, 9.17) is 15.7 Å². The molecular formula is C23H30Cl2N6O. The van der Waals surface area contributed by atoms with Gasteiger partial charge in [0.05, 0.1) is 11.2 Å². The second kappa shape index (κ2) is 12.6. The molecular weight excluding hydrogens is 447 g/mol. The largest absolute Gasteiger partial charge is 0.338 e. The third-order valence-electron chi connectivity index (χ3n) is 5.27. The van der Waals surface area contributed by atoms with Gasteiger partial charge in [-0.3, -0.25) is 4.79 Å². The molecule has 32 heavy (non-hydrogen) atoms.